The van der Waals surface area contributed by atoms with Crippen LogP contribution in [0.3, 0.4) is 0 Å². The number of rotatable bonds is 10. The molecule has 1 amide bonds. The van der Waals surface area contributed by atoms with E-state index >= 15 is 0 Å². The maximum Gasteiger partial charge on any atom is 0.229 e. The normalized spacial score (nSPS) is 10.8. The van der Waals surface area contributed by atoms with Crippen LogP contribution in [0.1, 0.15) is 18.5 Å². The number of fused-ring (bicyclic) bond motifs is 1. The zero-order valence-corrected chi connectivity index (χ0v) is 20.2. The number of aromatic nitrogens is 2. The molecule has 0 saturated heterocycles. The molecule has 33 heavy (non-hydrogen) atoms. The van der Waals surface area contributed by atoms with Crippen LogP contribution in [0.4, 0.5) is 5.13 Å². The van der Waals surface area contributed by atoms with Gasteiger partial charge >= 0.3 is 0 Å². The van der Waals surface area contributed by atoms with Crippen molar-refractivity contribution in [1.29, 1.82) is 0 Å². The second-order valence-corrected chi connectivity index (χ2v) is 9.41. The number of carbonyl (C=O) groups is 1. The van der Waals surface area contributed by atoms with Crippen LogP contribution in [0.25, 0.3) is 10.2 Å². The van der Waals surface area contributed by atoms with Crippen LogP contribution in [0.2, 0.25) is 0 Å². The Bertz CT molecular complexity index is 1200. The Labute approximate surface area is 201 Å². The fraction of sp³-hybridized carbons (Fsp3) is 0.240. The van der Waals surface area contributed by atoms with Gasteiger partial charge < -0.3 is 9.47 Å². The molecule has 4 rings (SSSR count). The van der Waals surface area contributed by atoms with Crippen molar-refractivity contribution in [2.45, 2.75) is 24.3 Å². The van der Waals surface area contributed by atoms with Crippen LogP contribution in [0, 0.1) is 0 Å². The van der Waals surface area contributed by atoms with Crippen LogP contribution in [0.5, 0.6) is 11.5 Å². The van der Waals surface area contributed by atoms with Gasteiger partial charge in [0.25, 0.3) is 0 Å². The van der Waals surface area contributed by atoms with Gasteiger partial charge in [-0.25, -0.2) is 4.98 Å². The zero-order valence-electron chi connectivity index (χ0n) is 18.6. The molecule has 0 bridgehead atoms. The molecule has 6 nitrogen and oxygen atoms in total. The number of para-hydroxylation sites is 1. The highest BCUT2D eigenvalue weighted by Crippen LogP contribution is 2.35. The summed E-state index contributed by atoms with van der Waals surface area (Å²) in [7, 11) is 3.29. The van der Waals surface area contributed by atoms with Gasteiger partial charge in [-0.1, -0.05) is 23.5 Å². The lowest BCUT2D eigenvalue weighted by atomic mass is 10.2. The van der Waals surface area contributed by atoms with E-state index in [1.807, 2.05) is 60.7 Å². The molecule has 0 saturated carbocycles. The number of benzene rings is 2. The van der Waals surface area contributed by atoms with Crippen LogP contribution >= 0.6 is 23.1 Å². The number of thioether (sulfide) groups is 1. The van der Waals surface area contributed by atoms with E-state index in [-0.39, 0.29) is 5.91 Å². The van der Waals surface area contributed by atoms with Crippen molar-refractivity contribution < 1.29 is 14.3 Å². The third-order valence-corrected chi connectivity index (χ3v) is 7.17. The molecule has 4 aromatic rings. The van der Waals surface area contributed by atoms with E-state index in [1.54, 1.807) is 37.1 Å². The van der Waals surface area contributed by atoms with Crippen LogP contribution in [-0.4, -0.2) is 35.8 Å². The minimum Gasteiger partial charge on any atom is -0.497 e. The van der Waals surface area contributed by atoms with Gasteiger partial charge in [-0.05, 0) is 60.7 Å². The minimum atomic E-state index is 0.0361. The Morgan fingerprint density at radius 1 is 1.03 bits per heavy atom. The van der Waals surface area contributed by atoms with Crippen molar-refractivity contribution in [2.24, 2.45) is 0 Å². The lowest BCUT2D eigenvalue weighted by molar-refractivity contribution is -0.118. The van der Waals surface area contributed by atoms with Gasteiger partial charge in [-0.2, -0.15) is 0 Å². The van der Waals surface area contributed by atoms with Crippen molar-refractivity contribution >= 4 is 44.4 Å². The number of methoxy groups -OCH3 is 2. The van der Waals surface area contributed by atoms with Crippen molar-refractivity contribution in [2.75, 3.05) is 24.9 Å². The summed E-state index contributed by atoms with van der Waals surface area (Å²) in [6.07, 6.45) is 2.94. The fourth-order valence-corrected chi connectivity index (χ4v) is 5.18. The first-order valence-corrected chi connectivity index (χ1v) is 12.4. The summed E-state index contributed by atoms with van der Waals surface area (Å²) in [5.41, 5.74) is 1.60. The standard InChI is InChI=1S/C25H25N3O3S2/c1-30-19-11-13-20(14-12-19)32-16-6-10-23(29)28(17-18-7-3-4-15-26-18)25-27-24-21(31-2)8-5-9-22(24)33-25/h3-5,7-9,11-15H,6,10,16-17H2,1-2H3. The van der Waals surface area contributed by atoms with E-state index in [9.17, 15) is 4.79 Å². The topological polar surface area (TPSA) is 64.5 Å². The Kier molecular flexibility index (Phi) is 7.80. The molecule has 2 heterocycles. The maximum atomic E-state index is 13.3. The minimum absolute atomic E-state index is 0.0361. The molecule has 170 valence electrons. The van der Waals surface area contributed by atoms with Gasteiger partial charge in [-0.3, -0.25) is 14.7 Å². The van der Waals surface area contributed by atoms with Gasteiger partial charge in [0.05, 0.1) is 31.2 Å². The molecule has 0 aliphatic rings. The number of pyridine rings is 1. The summed E-state index contributed by atoms with van der Waals surface area (Å²) < 4.78 is 11.6. The highest BCUT2D eigenvalue weighted by molar-refractivity contribution is 7.99. The molecule has 0 aliphatic carbocycles. The van der Waals surface area contributed by atoms with E-state index in [0.29, 0.717) is 23.8 Å². The van der Waals surface area contributed by atoms with E-state index in [0.717, 1.165) is 38.7 Å². The Morgan fingerprint density at radius 2 is 1.88 bits per heavy atom. The molecular weight excluding hydrogens is 454 g/mol. The fourth-order valence-electron chi connectivity index (χ4n) is 3.33. The van der Waals surface area contributed by atoms with Crippen molar-refractivity contribution in [3.63, 3.8) is 0 Å². The summed E-state index contributed by atoms with van der Waals surface area (Å²) >= 11 is 3.22. The summed E-state index contributed by atoms with van der Waals surface area (Å²) in [5, 5.41) is 0.660. The quantitative estimate of drug-likeness (QED) is 0.211. The zero-order chi connectivity index (χ0) is 23.0. The number of anilines is 1. The summed E-state index contributed by atoms with van der Waals surface area (Å²) in [6, 6.07) is 19.5. The van der Waals surface area contributed by atoms with Crippen LogP contribution < -0.4 is 14.4 Å². The first-order valence-electron chi connectivity index (χ1n) is 10.6. The van der Waals surface area contributed by atoms with Gasteiger partial charge in [0.2, 0.25) is 5.91 Å². The number of hydrogen-bond donors (Lipinski definition) is 0. The SMILES string of the molecule is COc1ccc(SCCCC(=O)N(Cc2ccccn2)c2nc3c(OC)cccc3s2)cc1. The molecule has 0 unspecified atom stereocenters. The average molecular weight is 480 g/mol. The lowest BCUT2D eigenvalue weighted by Gasteiger charge is -2.19. The monoisotopic (exact) mass is 479 g/mol. The van der Waals surface area contributed by atoms with Crippen molar-refractivity contribution in [3.05, 3.63) is 72.6 Å². The molecule has 0 atom stereocenters. The summed E-state index contributed by atoms with van der Waals surface area (Å²) in [5.74, 6) is 2.43. The Balaban J connectivity index is 1.46. The lowest BCUT2D eigenvalue weighted by Crippen LogP contribution is -2.30. The van der Waals surface area contributed by atoms with Crippen LogP contribution in [-0.2, 0) is 11.3 Å². The Hall–Kier alpha value is -3.10. The summed E-state index contributed by atoms with van der Waals surface area (Å²) in [6.45, 7) is 0.382. The second kappa shape index (κ2) is 11.2. The largest absolute Gasteiger partial charge is 0.497 e. The molecule has 0 aliphatic heterocycles. The third-order valence-electron chi connectivity index (χ3n) is 5.03. The number of thiazole rings is 1. The molecule has 8 heteroatoms. The molecule has 2 aromatic carbocycles. The van der Waals surface area contributed by atoms with Gasteiger partial charge in [0.1, 0.15) is 17.0 Å². The first-order chi connectivity index (χ1) is 16.2. The van der Waals surface area contributed by atoms with Crippen molar-refractivity contribution in [1.82, 2.24) is 9.97 Å². The van der Waals surface area contributed by atoms with Crippen molar-refractivity contribution in [3.8, 4) is 11.5 Å². The first kappa shape index (κ1) is 23.1. The third kappa shape index (κ3) is 5.83. The maximum absolute atomic E-state index is 13.3. The number of amides is 1. The highest BCUT2D eigenvalue weighted by Gasteiger charge is 2.21. The second-order valence-electron chi connectivity index (χ2n) is 7.23. The van der Waals surface area contributed by atoms with E-state index in [1.165, 1.54) is 11.3 Å². The van der Waals surface area contributed by atoms with Gasteiger partial charge in [-0.15, -0.1) is 11.8 Å². The molecule has 0 fully saturated rings. The number of nitrogens with zero attached hydrogens (tertiary/aromatic N) is 3. The Morgan fingerprint density at radius 3 is 2.61 bits per heavy atom. The molecule has 0 radical (unpaired) electrons. The molecule has 0 spiro atoms. The molecular formula is C25H25N3O3S2. The molecule has 2 aromatic heterocycles. The van der Waals surface area contributed by atoms with Gasteiger partial charge in [0, 0.05) is 17.5 Å². The smallest absolute Gasteiger partial charge is 0.229 e. The number of ether oxygens (including phenoxy) is 2. The van der Waals surface area contributed by atoms with E-state index in [2.05, 4.69) is 4.98 Å². The molecule has 0 N–H and O–H groups in total. The number of carbonyl (C=O) groups excluding carboxylic acids is 1. The average Bonchev–Trinajstić information content (AvgIpc) is 3.30. The van der Waals surface area contributed by atoms with Crippen LogP contribution in [0.15, 0.2) is 71.8 Å². The highest BCUT2D eigenvalue weighted by atomic mass is 32.2. The predicted octanol–water partition coefficient (Wildman–Crippen LogP) is 5.81. The van der Waals surface area contributed by atoms with Gasteiger partial charge in [0.15, 0.2) is 5.13 Å². The van der Waals surface area contributed by atoms with E-state index in [4.69, 9.17) is 14.5 Å². The summed E-state index contributed by atoms with van der Waals surface area (Å²) in [4.78, 5) is 25.3. The van der Waals surface area contributed by atoms with E-state index < -0.39 is 0 Å². The number of hydrogen-bond acceptors (Lipinski definition) is 7. The predicted molar refractivity (Wildman–Crippen MR) is 135 cm³/mol.